The van der Waals surface area contributed by atoms with Crippen molar-refractivity contribution < 1.29 is 13.2 Å². The summed E-state index contributed by atoms with van der Waals surface area (Å²) in [5.74, 6) is -0.274. The SMILES string of the molecule is CCN1CCC(NC(=O)Cn2cc(S(=O)(=O)N(CC)CC)ccc2=O)CC1. The van der Waals surface area contributed by atoms with Crippen LogP contribution in [0.5, 0.6) is 0 Å². The Kier molecular flexibility index (Phi) is 7.58. The van der Waals surface area contributed by atoms with E-state index in [1.807, 2.05) is 0 Å². The molecular formula is C18H30N4O4S. The van der Waals surface area contributed by atoms with Crippen LogP contribution >= 0.6 is 0 Å². The minimum Gasteiger partial charge on any atom is -0.352 e. The second kappa shape index (κ2) is 9.48. The lowest BCUT2D eigenvalue weighted by Gasteiger charge is -2.31. The fourth-order valence-electron chi connectivity index (χ4n) is 3.32. The zero-order valence-corrected chi connectivity index (χ0v) is 17.2. The molecular weight excluding hydrogens is 368 g/mol. The van der Waals surface area contributed by atoms with Gasteiger partial charge in [-0.15, -0.1) is 0 Å². The molecule has 0 unspecified atom stereocenters. The number of carbonyl (C=O) groups excluding carboxylic acids is 1. The first kappa shape index (κ1) is 21.6. The van der Waals surface area contributed by atoms with Gasteiger partial charge < -0.3 is 14.8 Å². The van der Waals surface area contributed by atoms with Crippen LogP contribution in [0.1, 0.15) is 33.6 Å². The Bertz CT molecular complexity index is 794. The van der Waals surface area contributed by atoms with Gasteiger partial charge in [0.1, 0.15) is 6.54 Å². The lowest BCUT2D eigenvalue weighted by atomic mass is 10.1. The first-order valence-corrected chi connectivity index (χ1v) is 11.0. The predicted octanol–water partition coefficient (Wildman–Crippen LogP) is 0.479. The van der Waals surface area contributed by atoms with Crippen LogP contribution in [0.3, 0.4) is 0 Å². The van der Waals surface area contributed by atoms with Crippen LogP contribution in [0.4, 0.5) is 0 Å². The molecule has 0 atom stereocenters. The van der Waals surface area contributed by atoms with Crippen molar-refractivity contribution in [3.8, 4) is 0 Å². The lowest BCUT2D eigenvalue weighted by Crippen LogP contribution is -2.46. The Labute approximate surface area is 161 Å². The molecule has 1 amide bonds. The number of hydrogen-bond donors (Lipinski definition) is 1. The van der Waals surface area contributed by atoms with Gasteiger partial charge in [0.2, 0.25) is 15.9 Å². The van der Waals surface area contributed by atoms with E-state index in [0.717, 1.165) is 37.0 Å². The molecule has 27 heavy (non-hydrogen) atoms. The normalized spacial score (nSPS) is 16.6. The highest BCUT2D eigenvalue weighted by atomic mass is 32.2. The van der Waals surface area contributed by atoms with Crippen molar-refractivity contribution in [1.29, 1.82) is 0 Å². The summed E-state index contributed by atoms with van der Waals surface area (Å²) in [5.41, 5.74) is -0.399. The second-order valence-corrected chi connectivity index (χ2v) is 8.63. The zero-order valence-electron chi connectivity index (χ0n) is 16.3. The fourth-order valence-corrected chi connectivity index (χ4v) is 4.80. The Morgan fingerprint density at radius 3 is 2.37 bits per heavy atom. The molecule has 2 heterocycles. The number of carbonyl (C=O) groups is 1. The van der Waals surface area contributed by atoms with E-state index in [1.54, 1.807) is 13.8 Å². The molecule has 1 aromatic rings. The van der Waals surface area contributed by atoms with Gasteiger partial charge in [-0.3, -0.25) is 9.59 Å². The first-order valence-electron chi connectivity index (χ1n) is 9.54. The van der Waals surface area contributed by atoms with Crippen LogP contribution in [0.25, 0.3) is 0 Å². The van der Waals surface area contributed by atoms with E-state index in [0.29, 0.717) is 13.1 Å². The Balaban J connectivity index is 2.08. The number of nitrogens with one attached hydrogen (secondary N) is 1. The highest BCUT2D eigenvalue weighted by molar-refractivity contribution is 7.89. The molecule has 1 fully saturated rings. The summed E-state index contributed by atoms with van der Waals surface area (Å²) in [7, 11) is -3.68. The predicted molar refractivity (Wildman–Crippen MR) is 104 cm³/mol. The Hall–Kier alpha value is -1.71. The van der Waals surface area contributed by atoms with Crippen LogP contribution < -0.4 is 10.9 Å². The van der Waals surface area contributed by atoms with Crippen LogP contribution in [-0.4, -0.2) is 66.9 Å². The molecule has 1 saturated heterocycles. The molecule has 1 aromatic heterocycles. The third-order valence-corrected chi connectivity index (χ3v) is 7.05. The highest BCUT2D eigenvalue weighted by Crippen LogP contribution is 2.14. The maximum atomic E-state index is 12.6. The smallest absolute Gasteiger partial charge is 0.251 e. The fraction of sp³-hybridized carbons (Fsp3) is 0.667. The number of aromatic nitrogens is 1. The van der Waals surface area contributed by atoms with Gasteiger partial charge in [0.05, 0.1) is 4.90 Å². The van der Waals surface area contributed by atoms with E-state index in [4.69, 9.17) is 0 Å². The summed E-state index contributed by atoms with van der Waals surface area (Å²) in [6.45, 7) is 9.02. The van der Waals surface area contributed by atoms with Crippen molar-refractivity contribution >= 4 is 15.9 Å². The van der Waals surface area contributed by atoms with E-state index >= 15 is 0 Å². The molecule has 0 bridgehead atoms. The molecule has 0 radical (unpaired) electrons. The van der Waals surface area contributed by atoms with E-state index in [2.05, 4.69) is 17.1 Å². The zero-order chi connectivity index (χ0) is 20.0. The second-order valence-electron chi connectivity index (χ2n) is 6.70. The topological polar surface area (TPSA) is 91.7 Å². The molecule has 9 heteroatoms. The molecule has 2 rings (SSSR count). The Morgan fingerprint density at radius 2 is 1.81 bits per heavy atom. The number of sulfonamides is 1. The summed E-state index contributed by atoms with van der Waals surface area (Å²) in [5, 5.41) is 2.96. The van der Waals surface area contributed by atoms with Gasteiger partial charge in [-0.2, -0.15) is 4.31 Å². The number of piperidine rings is 1. The van der Waals surface area contributed by atoms with Gasteiger partial charge in [0.15, 0.2) is 0 Å². The van der Waals surface area contributed by atoms with E-state index in [9.17, 15) is 18.0 Å². The third-order valence-electron chi connectivity index (χ3n) is 5.01. The van der Waals surface area contributed by atoms with Crippen LogP contribution in [0, 0.1) is 0 Å². The summed E-state index contributed by atoms with van der Waals surface area (Å²) in [4.78, 5) is 26.8. The third kappa shape index (κ3) is 5.40. The van der Waals surface area contributed by atoms with Crippen molar-refractivity contribution in [1.82, 2.24) is 19.1 Å². The molecule has 0 saturated carbocycles. The van der Waals surface area contributed by atoms with Gasteiger partial charge in [-0.1, -0.05) is 20.8 Å². The standard InChI is InChI=1S/C18H30N4O4S/c1-4-20-11-9-15(10-12-20)19-17(23)14-21-13-16(7-8-18(21)24)27(25,26)22(5-2)6-3/h7-8,13,15H,4-6,9-12,14H2,1-3H3,(H,19,23). The molecule has 8 nitrogen and oxygen atoms in total. The van der Waals surface area contributed by atoms with Crippen LogP contribution in [0.2, 0.25) is 0 Å². The lowest BCUT2D eigenvalue weighted by molar-refractivity contribution is -0.122. The van der Waals surface area contributed by atoms with Crippen molar-refractivity contribution in [2.75, 3.05) is 32.7 Å². The molecule has 1 aliphatic rings. The molecule has 1 aliphatic heterocycles. The average molecular weight is 399 g/mol. The highest BCUT2D eigenvalue weighted by Gasteiger charge is 2.23. The quantitative estimate of drug-likeness (QED) is 0.688. The Morgan fingerprint density at radius 1 is 1.19 bits per heavy atom. The van der Waals surface area contributed by atoms with Crippen LogP contribution in [0.15, 0.2) is 28.0 Å². The van der Waals surface area contributed by atoms with Gasteiger partial charge >= 0.3 is 0 Å². The summed E-state index contributed by atoms with van der Waals surface area (Å²) in [6, 6.07) is 2.59. The first-order chi connectivity index (χ1) is 12.8. The molecule has 0 aromatic carbocycles. The number of likely N-dealkylation sites (tertiary alicyclic amines) is 1. The summed E-state index contributed by atoms with van der Waals surface area (Å²) in [6.07, 6.45) is 3.02. The number of hydrogen-bond acceptors (Lipinski definition) is 5. The minimum atomic E-state index is -3.68. The number of pyridine rings is 1. The number of amides is 1. The average Bonchev–Trinajstić information content (AvgIpc) is 2.64. The van der Waals surface area contributed by atoms with Gasteiger partial charge in [-0.25, -0.2) is 8.42 Å². The minimum absolute atomic E-state index is 0.0230. The van der Waals surface area contributed by atoms with E-state index < -0.39 is 15.6 Å². The maximum absolute atomic E-state index is 12.6. The maximum Gasteiger partial charge on any atom is 0.251 e. The molecule has 0 aliphatic carbocycles. The molecule has 1 N–H and O–H groups in total. The largest absolute Gasteiger partial charge is 0.352 e. The number of rotatable bonds is 8. The van der Waals surface area contributed by atoms with Gasteiger partial charge in [-0.05, 0) is 25.5 Å². The van der Waals surface area contributed by atoms with Crippen molar-refractivity contribution in [3.05, 3.63) is 28.7 Å². The van der Waals surface area contributed by atoms with Crippen molar-refractivity contribution in [2.45, 2.75) is 51.1 Å². The van der Waals surface area contributed by atoms with E-state index in [-0.39, 0.29) is 23.4 Å². The van der Waals surface area contributed by atoms with Crippen LogP contribution in [-0.2, 0) is 21.4 Å². The van der Waals surface area contributed by atoms with Crippen molar-refractivity contribution in [2.24, 2.45) is 0 Å². The summed E-state index contributed by atoms with van der Waals surface area (Å²) < 4.78 is 27.7. The molecule has 0 spiro atoms. The monoisotopic (exact) mass is 398 g/mol. The number of nitrogens with zero attached hydrogens (tertiary/aromatic N) is 3. The van der Waals surface area contributed by atoms with E-state index in [1.165, 1.54) is 22.6 Å². The molecule has 152 valence electrons. The summed E-state index contributed by atoms with van der Waals surface area (Å²) >= 11 is 0. The van der Waals surface area contributed by atoms with Gasteiger partial charge in [0, 0.05) is 44.5 Å². The van der Waals surface area contributed by atoms with Gasteiger partial charge in [0.25, 0.3) is 5.56 Å². The van der Waals surface area contributed by atoms with Crippen molar-refractivity contribution in [3.63, 3.8) is 0 Å².